The molecule has 3 rings (SSSR count). The number of ether oxygens (including phenoxy) is 2. The molecule has 162 valence electrons. The van der Waals surface area contributed by atoms with E-state index in [0.717, 1.165) is 29.0 Å². The van der Waals surface area contributed by atoms with Crippen LogP contribution in [-0.2, 0) is 29.5 Å². The molecule has 1 aliphatic heterocycles. The molecule has 8 nitrogen and oxygen atoms in total. The van der Waals surface area contributed by atoms with Crippen molar-refractivity contribution < 1.29 is 17.9 Å². The summed E-state index contributed by atoms with van der Waals surface area (Å²) in [6, 6.07) is 10.5. The molecule has 30 heavy (non-hydrogen) atoms. The molecule has 0 saturated heterocycles. The average Bonchev–Trinajstić information content (AvgIpc) is 3.06. The van der Waals surface area contributed by atoms with Crippen LogP contribution >= 0.6 is 0 Å². The topological polar surface area (TPSA) is 115 Å². The highest BCUT2D eigenvalue weighted by Crippen LogP contribution is 2.35. The molecule has 4 N–H and O–H groups in total. The highest BCUT2D eigenvalue weighted by molar-refractivity contribution is 7.89. The minimum absolute atomic E-state index is 0.0883. The van der Waals surface area contributed by atoms with Crippen LogP contribution in [0.25, 0.3) is 0 Å². The molecule has 1 heterocycles. The Morgan fingerprint density at radius 2 is 1.93 bits per heavy atom. The smallest absolute Gasteiger partial charge is 0.238 e. The zero-order chi connectivity index (χ0) is 21.7. The molecule has 1 unspecified atom stereocenters. The number of rotatable bonds is 7. The van der Waals surface area contributed by atoms with Crippen LogP contribution in [0.3, 0.4) is 0 Å². The standard InChI is InChI=1S/C21H28N4O4S/c1-4-28-19-10-16-9-14(2)29-20(16)11-17(19)13-25-21(23-3)24-12-15-5-7-18(8-6-15)30(22,26)27/h5-8,10-11,14H,4,9,12-13H2,1-3H3,(H2,22,26,27)(H2,23,24,25). The summed E-state index contributed by atoms with van der Waals surface area (Å²) in [7, 11) is -2.00. The van der Waals surface area contributed by atoms with E-state index in [2.05, 4.69) is 28.6 Å². The number of sulfonamides is 1. The zero-order valence-corrected chi connectivity index (χ0v) is 18.3. The van der Waals surface area contributed by atoms with Gasteiger partial charge < -0.3 is 20.1 Å². The predicted molar refractivity (Wildman–Crippen MR) is 116 cm³/mol. The lowest BCUT2D eigenvalue weighted by molar-refractivity contribution is 0.254. The van der Waals surface area contributed by atoms with Crippen LogP contribution in [0.4, 0.5) is 0 Å². The van der Waals surface area contributed by atoms with Crippen LogP contribution in [0, 0.1) is 0 Å². The Labute approximate surface area is 177 Å². The first-order valence-corrected chi connectivity index (χ1v) is 11.4. The predicted octanol–water partition coefficient (Wildman–Crippen LogP) is 1.92. The Morgan fingerprint density at radius 3 is 2.57 bits per heavy atom. The third-order valence-corrected chi connectivity index (χ3v) is 5.69. The summed E-state index contributed by atoms with van der Waals surface area (Å²) in [4.78, 5) is 4.33. The quantitative estimate of drug-likeness (QED) is 0.455. The van der Waals surface area contributed by atoms with E-state index in [0.29, 0.717) is 25.7 Å². The number of hydrogen-bond acceptors (Lipinski definition) is 5. The van der Waals surface area contributed by atoms with Crippen LogP contribution in [0.15, 0.2) is 46.3 Å². The van der Waals surface area contributed by atoms with Gasteiger partial charge in [0.15, 0.2) is 5.96 Å². The van der Waals surface area contributed by atoms with Crippen LogP contribution in [-0.4, -0.2) is 34.1 Å². The SMILES string of the molecule is CCOc1cc2c(cc1CNC(=NC)NCc1ccc(S(N)(=O)=O)cc1)OC(C)C2. The highest BCUT2D eigenvalue weighted by Gasteiger charge is 2.22. The lowest BCUT2D eigenvalue weighted by Crippen LogP contribution is -2.36. The molecule has 1 aliphatic rings. The van der Waals surface area contributed by atoms with Crippen molar-refractivity contribution in [1.82, 2.24) is 10.6 Å². The minimum Gasteiger partial charge on any atom is -0.494 e. The van der Waals surface area contributed by atoms with Crippen molar-refractivity contribution >= 4 is 16.0 Å². The molecular formula is C21H28N4O4S. The number of nitrogens with two attached hydrogens (primary N) is 1. The fourth-order valence-electron chi connectivity index (χ4n) is 3.29. The van der Waals surface area contributed by atoms with Gasteiger partial charge in [0, 0.05) is 37.7 Å². The zero-order valence-electron chi connectivity index (χ0n) is 17.4. The molecule has 0 bridgehead atoms. The molecular weight excluding hydrogens is 404 g/mol. The fraction of sp³-hybridized carbons (Fsp3) is 0.381. The van der Waals surface area contributed by atoms with Gasteiger partial charge in [-0.2, -0.15) is 0 Å². The number of nitrogens with one attached hydrogen (secondary N) is 2. The third kappa shape index (κ3) is 5.43. The maximum Gasteiger partial charge on any atom is 0.238 e. The molecule has 0 amide bonds. The van der Waals surface area contributed by atoms with Crippen molar-refractivity contribution in [2.24, 2.45) is 10.1 Å². The molecule has 2 aromatic rings. The number of fused-ring (bicyclic) bond motifs is 1. The maximum absolute atomic E-state index is 11.4. The van der Waals surface area contributed by atoms with Crippen molar-refractivity contribution in [3.8, 4) is 11.5 Å². The van der Waals surface area contributed by atoms with Crippen molar-refractivity contribution in [2.75, 3.05) is 13.7 Å². The lowest BCUT2D eigenvalue weighted by Gasteiger charge is -2.16. The number of primary sulfonamides is 1. The maximum atomic E-state index is 11.4. The van der Waals surface area contributed by atoms with E-state index in [1.807, 2.05) is 13.0 Å². The second kappa shape index (κ2) is 9.36. The Hall–Kier alpha value is -2.78. The summed E-state index contributed by atoms with van der Waals surface area (Å²) >= 11 is 0. The summed E-state index contributed by atoms with van der Waals surface area (Å²) in [5.41, 5.74) is 3.06. The van der Waals surface area contributed by atoms with Crippen molar-refractivity contribution in [1.29, 1.82) is 0 Å². The first kappa shape index (κ1) is 21.9. The van der Waals surface area contributed by atoms with Gasteiger partial charge in [-0.25, -0.2) is 13.6 Å². The van der Waals surface area contributed by atoms with Crippen LogP contribution in [0.5, 0.6) is 11.5 Å². The minimum atomic E-state index is -3.69. The molecule has 1 atom stereocenters. The van der Waals surface area contributed by atoms with Crippen molar-refractivity contribution in [3.05, 3.63) is 53.1 Å². The summed E-state index contributed by atoms with van der Waals surface area (Å²) in [6.45, 7) is 5.60. The average molecular weight is 433 g/mol. The molecule has 0 aromatic heterocycles. The largest absolute Gasteiger partial charge is 0.494 e. The summed E-state index contributed by atoms with van der Waals surface area (Å²) in [6.07, 6.45) is 1.06. The number of nitrogens with zero attached hydrogens (tertiary/aromatic N) is 1. The number of hydrogen-bond donors (Lipinski definition) is 3. The van der Waals surface area contributed by atoms with Gasteiger partial charge in [0.25, 0.3) is 0 Å². The molecule has 9 heteroatoms. The number of guanidine groups is 1. The second-order valence-electron chi connectivity index (χ2n) is 7.10. The lowest BCUT2D eigenvalue weighted by atomic mass is 10.1. The Morgan fingerprint density at radius 1 is 1.23 bits per heavy atom. The van der Waals surface area contributed by atoms with E-state index in [1.54, 1.807) is 19.2 Å². The van der Waals surface area contributed by atoms with Gasteiger partial charge in [-0.3, -0.25) is 4.99 Å². The number of benzene rings is 2. The van der Waals surface area contributed by atoms with E-state index in [4.69, 9.17) is 14.6 Å². The highest BCUT2D eigenvalue weighted by atomic mass is 32.2. The van der Waals surface area contributed by atoms with Gasteiger partial charge in [-0.15, -0.1) is 0 Å². The van der Waals surface area contributed by atoms with Crippen LogP contribution in [0.2, 0.25) is 0 Å². The van der Waals surface area contributed by atoms with E-state index >= 15 is 0 Å². The van der Waals surface area contributed by atoms with Gasteiger partial charge in [-0.1, -0.05) is 12.1 Å². The third-order valence-electron chi connectivity index (χ3n) is 4.76. The molecule has 2 aromatic carbocycles. The van der Waals surface area contributed by atoms with Gasteiger partial charge >= 0.3 is 0 Å². The Bertz CT molecular complexity index is 1020. The summed E-state index contributed by atoms with van der Waals surface area (Å²) < 4.78 is 34.4. The van der Waals surface area contributed by atoms with Crippen LogP contribution in [0.1, 0.15) is 30.5 Å². The monoisotopic (exact) mass is 432 g/mol. The molecule has 0 aliphatic carbocycles. The van der Waals surface area contributed by atoms with Crippen LogP contribution < -0.4 is 25.2 Å². The normalized spacial score (nSPS) is 16.0. The van der Waals surface area contributed by atoms with Gasteiger partial charge in [0.1, 0.15) is 17.6 Å². The molecule has 0 saturated carbocycles. The first-order valence-electron chi connectivity index (χ1n) is 9.81. The first-order chi connectivity index (χ1) is 14.3. The Kier molecular flexibility index (Phi) is 6.84. The summed E-state index contributed by atoms with van der Waals surface area (Å²) in [5.74, 6) is 2.36. The van der Waals surface area contributed by atoms with E-state index in [-0.39, 0.29) is 11.0 Å². The molecule has 0 fully saturated rings. The molecule has 0 spiro atoms. The molecule has 0 radical (unpaired) electrons. The summed E-state index contributed by atoms with van der Waals surface area (Å²) in [5, 5.41) is 11.6. The number of aliphatic imine (C=N–C) groups is 1. The van der Waals surface area contributed by atoms with Crippen molar-refractivity contribution in [2.45, 2.75) is 44.4 Å². The Balaban J connectivity index is 1.62. The van der Waals surface area contributed by atoms with E-state index < -0.39 is 10.0 Å². The second-order valence-corrected chi connectivity index (χ2v) is 8.66. The van der Waals surface area contributed by atoms with E-state index in [1.165, 1.54) is 17.7 Å². The van der Waals surface area contributed by atoms with Crippen molar-refractivity contribution in [3.63, 3.8) is 0 Å². The van der Waals surface area contributed by atoms with E-state index in [9.17, 15) is 8.42 Å². The fourth-order valence-corrected chi connectivity index (χ4v) is 3.81. The van der Waals surface area contributed by atoms with Gasteiger partial charge in [0.05, 0.1) is 11.5 Å². The van der Waals surface area contributed by atoms with Gasteiger partial charge in [0.2, 0.25) is 10.0 Å². The van der Waals surface area contributed by atoms with Gasteiger partial charge in [-0.05, 0) is 43.7 Å².